The normalized spacial score (nSPS) is 10.5. The second-order valence-corrected chi connectivity index (χ2v) is 5.01. The van der Waals surface area contributed by atoms with E-state index < -0.39 is 0 Å². The SMILES string of the molecule is COc1cccc(C=[NH+]NC(N)=S)c1OCc1ccc(F)cc1. The average molecular weight is 334 g/mol. The van der Waals surface area contributed by atoms with Gasteiger partial charge in [-0.3, -0.25) is 0 Å². The van der Waals surface area contributed by atoms with Crippen molar-refractivity contribution in [2.45, 2.75) is 6.61 Å². The van der Waals surface area contributed by atoms with E-state index in [9.17, 15) is 4.39 Å². The number of hydrogen-bond donors (Lipinski definition) is 3. The highest BCUT2D eigenvalue weighted by Crippen LogP contribution is 2.30. The maximum Gasteiger partial charge on any atom is 0.221 e. The Labute approximate surface area is 138 Å². The number of methoxy groups -OCH3 is 1. The van der Waals surface area contributed by atoms with Crippen LogP contribution in [0.1, 0.15) is 11.1 Å². The largest absolute Gasteiger partial charge is 0.493 e. The summed E-state index contributed by atoms with van der Waals surface area (Å²) in [7, 11) is 1.56. The number of para-hydroxylation sites is 1. The summed E-state index contributed by atoms with van der Waals surface area (Å²) in [5.74, 6) is 0.850. The van der Waals surface area contributed by atoms with E-state index in [0.29, 0.717) is 11.5 Å². The number of nitrogens with two attached hydrogens (primary N) is 1. The van der Waals surface area contributed by atoms with E-state index in [4.69, 9.17) is 27.4 Å². The molecule has 0 spiro atoms. The number of hydrazone groups is 1. The molecule has 0 bridgehead atoms. The molecule has 0 fully saturated rings. The quantitative estimate of drug-likeness (QED) is 0.411. The lowest BCUT2D eigenvalue weighted by atomic mass is 10.2. The summed E-state index contributed by atoms with van der Waals surface area (Å²) < 4.78 is 24.1. The smallest absolute Gasteiger partial charge is 0.221 e. The summed E-state index contributed by atoms with van der Waals surface area (Å²) in [5.41, 5.74) is 9.54. The van der Waals surface area contributed by atoms with Crippen LogP contribution in [0.25, 0.3) is 0 Å². The molecule has 0 saturated carbocycles. The first-order chi connectivity index (χ1) is 11.1. The van der Waals surface area contributed by atoms with Crippen molar-refractivity contribution in [3.8, 4) is 11.5 Å². The first-order valence-corrected chi connectivity index (χ1v) is 7.19. The minimum Gasteiger partial charge on any atom is -0.493 e. The first-order valence-electron chi connectivity index (χ1n) is 6.78. The summed E-state index contributed by atoms with van der Waals surface area (Å²) in [4.78, 5) is 0. The molecule has 120 valence electrons. The maximum atomic E-state index is 12.9. The van der Waals surface area contributed by atoms with E-state index in [1.165, 1.54) is 12.1 Å². The van der Waals surface area contributed by atoms with Crippen LogP contribution in [-0.4, -0.2) is 18.4 Å². The molecule has 0 amide bonds. The Hall–Kier alpha value is -2.67. The third kappa shape index (κ3) is 4.93. The lowest BCUT2D eigenvalue weighted by Crippen LogP contribution is -2.82. The Morgan fingerprint density at radius 2 is 2.04 bits per heavy atom. The minimum absolute atomic E-state index is 0.123. The molecular weight excluding hydrogens is 317 g/mol. The van der Waals surface area contributed by atoms with Crippen LogP contribution < -0.4 is 25.7 Å². The van der Waals surface area contributed by atoms with Crippen LogP contribution in [0.2, 0.25) is 0 Å². The number of ether oxygens (including phenoxy) is 2. The lowest BCUT2D eigenvalue weighted by molar-refractivity contribution is -0.499. The third-order valence-electron chi connectivity index (χ3n) is 2.95. The fourth-order valence-electron chi connectivity index (χ4n) is 1.88. The molecule has 7 heteroatoms. The van der Waals surface area contributed by atoms with Gasteiger partial charge in [0.2, 0.25) is 11.3 Å². The number of rotatable bonds is 6. The molecule has 0 unspecified atom stereocenters. The minimum atomic E-state index is -0.284. The van der Waals surface area contributed by atoms with Crippen LogP contribution in [0.4, 0.5) is 4.39 Å². The number of halogens is 1. The molecule has 0 aliphatic heterocycles. The second-order valence-electron chi connectivity index (χ2n) is 4.57. The topological polar surface area (TPSA) is 70.5 Å². The molecule has 4 N–H and O–H groups in total. The number of benzene rings is 2. The van der Waals surface area contributed by atoms with Crippen LogP contribution in [-0.2, 0) is 6.61 Å². The zero-order valence-corrected chi connectivity index (χ0v) is 13.3. The number of thiocarbonyl (C=S) groups is 1. The molecule has 0 saturated heterocycles. The number of hydrogen-bond acceptors (Lipinski definition) is 3. The molecule has 2 aromatic rings. The summed E-state index contributed by atoms with van der Waals surface area (Å²) in [5, 5.41) is 2.90. The Kier molecular flexibility index (Phi) is 5.87. The lowest BCUT2D eigenvalue weighted by Gasteiger charge is -2.12. The average Bonchev–Trinajstić information content (AvgIpc) is 2.54. The molecular formula is C16H17FN3O2S+. The van der Waals surface area contributed by atoms with Crippen LogP contribution in [0, 0.1) is 5.82 Å². The van der Waals surface area contributed by atoms with Crippen molar-refractivity contribution in [3.63, 3.8) is 0 Å². The van der Waals surface area contributed by atoms with E-state index in [-0.39, 0.29) is 17.5 Å². The van der Waals surface area contributed by atoms with E-state index >= 15 is 0 Å². The summed E-state index contributed by atoms with van der Waals surface area (Å²) in [6.07, 6.45) is 1.65. The Morgan fingerprint density at radius 1 is 1.30 bits per heavy atom. The zero-order chi connectivity index (χ0) is 16.7. The second kappa shape index (κ2) is 8.09. The van der Waals surface area contributed by atoms with Crippen LogP contribution in [0.5, 0.6) is 11.5 Å². The fourth-order valence-corrected chi connectivity index (χ4v) is 1.94. The summed E-state index contributed by atoms with van der Waals surface area (Å²) >= 11 is 4.72. The van der Waals surface area contributed by atoms with Crippen molar-refractivity contribution in [1.29, 1.82) is 0 Å². The molecule has 0 heterocycles. The van der Waals surface area contributed by atoms with Crippen molar-refractivity contribution in [2.75, 3.05) is 7.11 Å². The van der Waals surface area contributed by atoms with Gasteiger partial charge in [-0.05, 0) is 42.0 Å². The van der Waals surface area contributed by atoms with E-state index in [1.54, 1.807) is 31.5 Å². The highest BCUT2D eigenvalue weighted by molar-refractivity contribution is 7.80. The van der Waals surface area contributed by atoms with Gasteiger partial charge >= 0.3 is 0 Å². The van der Waals surface area contributed by atoms with Crippen LogP contribution in [0.3, 0.4) is 0 Å². The van der Waals surface area contributed by atoms with E-state index in [1.807, 2.05) is 12.1 Å². The van der Waals surface area contributed by atoms with Gasteiger partial charge in [-0.1, -0.05) is 18.2 Å². The van der Waals surface area contributed by atoms with E-state index in [0.717, 1.165) is 11.1 Å². The van der Waals surface area contributed by atoms with Gasteiger partial charge in [0.1, 0.15) is 12.4 Å². The Morgan fingerprint density at radius 3 is 2.70 bits per heavy atom. The maximum absolute atomic E-state index is 12.9. The van der Waals surface area contributed by atoms with Gasteiger partial charge in [0, 0.05) is 0 Å². The van der Waals surface area contributed by atoms with Crippen LogP contribution in [0.15, 0.2) is 42.5 Å². The van der Waals surface area contributed by atoms with Gasteiger partial charge < -0.3 is 15.2 Å². The van der Waals surface area contributed by atoms with Gasteiger partial charge in [0.25, 0.3) is 0 Å². The summed E-state index contributed by atoms with van der Waals surface area (Å²) in [6, 6.07) is 11.6. The molecule has 0 aromatic heterocycles. The van der Waals surface area contributed by atoms with Crippen molar-refractivity contribution in [1.82, 2.24) is 5.43 Å². The van der Waals surface area contributed by atoms with Gasteiger partial charge in [-0.2, -0.15) is 0 Å². The van der Waals surface area contributed by atoms with Crippen molar-refractivity contribution < 1.29 is 19.0 Å². The van der Waals surface area contributed by atoms with Crippen molar-refractivity contribution in [3.05, 3.63) is 59.4 Å². The Balaban J connectivity index is 2.19. The van der Waals surface area contributed by atoms with Crippen LogP contribution >= 0.6 is 12.2 Å². The van der Waals surface area contributed by atoms with Crippen molar-refractivity contribution in [2.24, 2.45) is 5.73 Å². The summed E-state index contributed by atoms with van der Waals surface area (Å²) in [6.45, 7) is 0.282. The molecule has 0 atom stereocenters. The molecule has 0 aliphatic carbocycles. The Bertz CT molecular complexity index is 705. The molecule has 0 aliphatic rings. The molecule has 0 radical (unpaired) electrons. The number of nitrogens with one attached hydrogen (secondary N) is 2. The molecule has 23 heavy (non-hydrogen) atoms. The highest BCUT2D eigenvalue weighted by Gasteiger charge is 2.11. The van der Waals surface area contributed by atoms with Gasteiger partial charge in [-0.25, -0.2) is 4.39 Å². The van der Waals surface area contributed by atoms with E-state index in [2.05, 4.69) is 10.5 Å². The highest BCUT2D eigenvalue weighted by atomic mass is 32.1. The fraction of sp³-hybridized carbons (Fsp3) is 0.125. The predicted octanol–water partition coefficient (Wildman–Crippen LogP) is 0.661. The van der Waals surface area contributed by atoms with Gasteiger partial charge in [-0.15, -0.1) is 10.5 Å². The standard InChI is InChI=1S/C16H16FN3O2S/c1-21-14-4-2-3-12(9-19-20-16(18)23)15(14)22-10-11-5-7-13(17)8-6-11/h2-9H,10H2,1H3,(H3,18,20,23)/p+1. The monoisotopic (exact) mass is 334 g/mol. The zero-order valence-electron chi connectivity index (χ0n) is 12.5. The van der Waals surface area contributed by atoms with Crippen molar-refractivity contribution >= 4 is 23.5 Å². The number of hydrazine groups is 1. The predicted molar refractivity (Wildman–Crippen MR) is 89.8 cm³/mol. The molecule has 2 aromatic carbocycles. The molecule has 2 rings (SSSR count). The van der Waals surface area contributed by atoms with Gasteiger partial charge in [0.15, 0.2) is 11.5 Å². The molecule has 5 nitrogen and oxygen atoms in total. The first kappa shape index (κ1) is 16.7. The van der Waals surface area contributed by atoms with Gasteiger partial charge in [0.05, 0.1) is 12.7 Å². The third-order valence-corrected chi connectivity index (χ3v) is 3.05.